The maximum Gasteiger partial charge on any atom is 0.0541 e. The lowest BCUT2D eigenvalue weighted by Gasteiger charge is -2.64. The Morgan fingerprint density at radius 1 is 0.475 bits per heavy atom. The van der Waals surface area contributed by atoms with E-state index in [0.717, 1.165) is 34.5 Å². The third-order valence-electron chi connectivity index (χ3n) is 15.8. The van der Waals surface area contributed by atoms with E-state index in [9.17, 15) is 0 Å². The standard InChI is InChI=1S/C57H46N2/c1-2-10-41-33-42(18-17-38(41)9-1)39-19-25-46(26-20-39)58(48-29-23-44(24-30-48)56-31-32-57-35-43(52(57)37-56)34-45(57)36-56)47-27-21-40(22-28-47)49-11-3-6-14-53(49)59-54-15-7-4-12-50(54)51-13-5-8-16-55(51)59/h1-30,33,43,45,52H,31-32,34-37H2/t43?,45-,52+,56?,57?/m0/s1. The Morgan fingerprint density at radius 2 is 1.07 bits per heavy atom. The Bertz CT molecular complexity index is 3020. The lowest BCUT2D eigenvalue weighted by molar-refractivity contribution is -0.111. The van der Waals surface area contributed by atoms with E-state index in [1.807, 2.05) is 0 Å². The smallest absolute Gasteiger partial charge is 0.0541 e. The van der Waals surface area contributed by atoms with Gasteiger partial charge < -0.3 is 9.47 Å². The van der Waals surface area contributed by atoms with Crippen molar-refractivity contribution in [2.75, 3.05) is 4.90 Å². The van der Waals surface area contributed by atoms with Crippen LogP contribution in [0.1, 0.15) is 44.1 Å². The number of para-hydroxylation sites is 3. The average molecular weight is 759 g/mol. The first-order valence-electron chi connectivity index (χ1n) is 21.8. The van der Waals surface area contributed by atoms with Gasteiger partial charge in [-0.05, 0) is 161 Å². The second kappa shape index (κ2) is 12.6. The molecule has 5 bridgehead atoms. The second-order valence-electron chi connectivity index (χ2n) is 18.3. The van der Waals surface area contributed by atoms with Crippen LogP contribution in [0.3, 0.4) is 0 Å². The number of aromatic nitrogens is 1. The zero-order valence-corrected chi connectivity index (χ0v) is 33.3. The largest absolute Gasteiger partial charge is 0.311 e. The van der Waals surface area contributed by atoms with E-state index >= 15 is 0 Å². The zero-order valence-electron chi connectivity index (χ0n) is 33.3. The summed E-state index contributed by atoms with van der Waals surface area (Å²) in [5.41, 5.74) is 14.7. The molecule has 5 atom stereocenters. The fraction of sp³-hybridized carbons (Fsp3) is 0.193. The molecule has 6 aliphatic rings. The van der Waals surface area contributed by atoms with Crippen molar-refractivity contribution in [1.29, 1.82) is 0 Å². The molecule has 8 aromatic carbocycles. The number of rotatable bonds is 7. The summed E-state index contributed by atoms with van der Waals surface area (Å²) in [6.45, 7) is 0. The molecule has 284 valence electrons. The van der Waals surface area contributed by atoms with Gasteiger partial charge in [0.25, 0.3) is 0 Å². The predicted octanol–water partition coefficient (Wildman–Crippen LogP) is 15.2. The first kappa shape index (κ1) is 33.6. The Kier molecular flexibility index (Phi) is 7.15. The van der Waals surface area contributed by atoms with Crippen molar-refractivity contribution in [1.82, 2.24) is 4.57 Å². The van der Waals surface area contributed by atoms with E-state index in [0.29, 0.717) is 5.41 Å². The van der Waals surface area contributed by atoms with Crippen molar-refractivity contribution in [2.24, 2.45) is 23.2 Å². The molecule has 0 radical (unpaired) electrons. The minimum atomic E-state index is 0.378. The van der Waals surface area contributed by atoms with Crippen LogP contribution < -0.4 is 4.90 Å². The Morgan fingerprint density at radius 3 is 1.78 bits per heavy atom. The molecule has 1 aromatic heterocycles. The molecule has 2 heteroatoms. The van der Waals surface area contributed by atoms with Gasteiger partial charge in [0.15, 0.2) is 0 Å². The average Bonchev–Trinajstić information content (AvgIpc) is 3.92. The third-order valence-corrected chi connectivity index (χ3v) is 15.8. The van der Waals surface area contributed by atoms with Gasteiger partial charge in [-0.3, -0.25) is 0 Å². The van der Waals surface area contributed by atoms with Crippen molar-refractivity contribution in [3.8, 4) is 27.9 Å². The topological polar surface area (TPSA) is 8.17 Å². The molecule has 1 spiro atoms. The second-order valence-corrected chi connectivity index (χ2v) is 18.3. The maximum atomic E-state index is 2.50. The van der Waals surface area contributed by atoms with E-state index in [1.54, 1.807) is 5.56 Å². The first-order chi connectivity index (χ1) is 29.1. The maximum absolute atomic E-state index is 2.50. The van der Waals surface area contributed by atoms with E-state index in [1.165, 1.54) is 105 Å². The zero-order chi connectivity index (χ0) is 38.7. The summed E-state index contributed by atoms with van der Waals surface area (Å²) in [7, 11) is 0. The Labute approximate surface area is 346 Å². The monoisotopic (exact) mass is 758 g/mol. The molecule has 2 nitrogen and oxygen atoms in total. The van der Waals surface area contributed by atoms with Crippen LogP contribution in [0.25, 0.3) is 60.5 Å². The van der Waals surface area contributed by atoms with Crippen molar-refractivity contribution >= 4 is 49.6 Å². The molecule has 59 heavy (non-hydrogen) atoms. The first-order valence-corrected chi connectivity index (χ1v) is 21.8. The number of nitrogens with zero attached hydrogens (tertiary/aromatic N) is 2. The molecular formula is C57H46N2. The van der Waals surface area contributed by atoms with Crippen molar-refractivity contribution < 1.29 is 0 Å². The number of fused-ring (bicyclic) bond motifs is 5. The minimum absolute atomic E-state index is 0.378. The summed E-state index contributed by atoms with van der Waals surface area (Å²) in [6, 6.07) is 70.1. The highest BCUT2D eigenvalue weighted by molar-refractivity contribution is 6.09. The van der Waals surface area contributed by atoms with Crippen LogP contribution in [-0.2, 0) is 5.41 Å². The minimum Gasteiger partial charge on any atom is -0.311 e. The van der Waals surface area contributed by atoms with Crippen molar-refractivity contribution in [2.45, 2.75) is 43.9 Å². The summed E-state index contributed by atoms with van der Waals surface area (Å²) in [6.07, 6.45) is 8.72. The molecule has 0 aliphatic heterocycles. The van der Waals surface area contributed by atoms with Crippen LogP contribution in [0, 0.1) is 23.2 Å². The van der Waals surface area contributed by atoms with Crippen LogP contribution in [0.4, 0.5) is 17.1 Å². The molecule has 6 fully saturated rings. The SMILES string of the molecule is c1ccc(-n2c3ccccc3c3ccccc32)c(-c2ccc(N(c3ccc(-c4ccc5ccccc5c4)cc3)c3ccc(C45CCC67CC(C[C@H]6C4)[C@H]7C5)cc3)cc2)c1. The molecule has 0 saturated heterocycles. The molecule has 15 rings (SSSR count). The van der Waals surface area contributed by atoms with E-state index < -0.39 is 0 Å². The van der Waals surface area contributed by atoms with Gasteiger partial charge in [0.2, 0.25) is 0 Å². The molecule has 0 amide bonds. The molecule has 0 N–H and O–H groups in total. The molecule has 6 saturated carbocycles. The molecular weight excluding hydrogens is 713 g/mol. The van der Waals surface area contributed by atoms with Gasteiger partial charge in [-0.15, -0.1) is 0 Å². The number of hydrogen-bond donors (Lipinski definition) is 0. The van der Waals surface area contributed by atoms with E-state index in [-0.39, 0.29) is 0 Å². The Hall–Kier alpha value is -6.38. The van der Waals surface area contributed by atoms with Crippen molar-refractivity contribution in [3.63, 3.8) is 0 Å². The van der Waals surface area contributed by atoms with Crippen LogP contribution in [0.15, 0.2) is 188 Å². The number of anilines is 3. The highest BCUT2D eigenvalue weighted by Gasteiger charge is 2.71. The Balaban J connectivity index is 0.887. The van der Waals surface area contributed by atoms with Gasteiger partial charge in [-0.25, -0.2) is 0 Å². The molecule has 3 unspecified atom stereocenters. The predicted molar refractivity (Wildman–Crippen MR) is 246 cm³/mol. The number of benzene rings is 8. The molecule has 1 heterocycles. The summed E-state index contributed by atoms with van der Waals surface area (Å²) >= 11 is 0. The fourth-order valence-electron chi connectivity index (χ4n) is 13.1. The lowest BCUT2D eigenvalue weighted by Crippen LogP contribution is -2.56. The van der Waals surface area contributed by atoms with Gasteiger partial charge in [0.05, 0.1) is 16.7 Å². The van der Waals surface area contributed by atoms with E-state index in [4.69, 9.17) is 0 Å². The number of hydrogen-bond acceptors (Lipinski definition) is 1. The van der Waals surface area contributed by atoms with Crippen LogP contribution in [-0.4, -0.2) is 4.57 Å². The molecule has 9 aromatic rings. The van der Waals surface area contributed by atoms with E-state index in [2.05, 4.69) is 198 Å². The lowest BCUT2D eigenvalue weighted by atomic mass is 9.41. The summed E-state index contributed by atoms with van der Waals surface area (Å²) in [4.78, 5) is 2.45. The van der Waals surface area contributed by atoms with Crippen molar-refractivity contribution in [3.05, 3.63) is 194 Å². The van der Waals surface area contributed by atoms with Gasteiger partial charge in [-0.2, -0.15) is 0 Å². The third kappa shape index (κ3) is 4.93. The van der Waals surface area contributed by atoms with Crippen LogP contribution in [0.5, 0.6) is 0 Å². The normalized spacial score (nSPS) is 23.8. The van der Waals surface area contributed by atoms with Crippen LogP contribution in [0.2, 0.25) is 0 Å². The fourth-order valence-corrected chi connectivity index (χ4v) is 13.1. The summed E-state index contributed by atoms with van der Waals surface area (Å²) in [5, 5.41) is 5.10. The molecule has 6 aliphatic carbocycles. The quantitative estimate of drug-likeness (QED) is 0.157. The van der Waals surface area contributed by atoms with Gasteiger partial charge in [0, 0.05) is 33.4 Å². The van der Waals surface area contributed by atoms with Gasteiger partial charge >= 0.3 is 0 Å². The van der Waals surface area contributed by atoms with Gasteiger partial charge in [0.1, 0.15) is 0 Å². The van der Waals surface area contributed by atoms with Crippen LogP contribution >= 0.6 is 0 Å². The highest BCUT2D eigenvalue weighted by atomic mass is 15.1. The summed E-state index contributed by atoms with van der Waals surface area (Å²) < 4.78 is 2.44. The highest BCUT2D eigenvalue weighted by Crippen LogP contribution is 2.79. The summed E-state index contributed by atoms with van der Waals surface area (Å²) in [5.74, 6) is 2.98. The van der Waals surface area contributed by atoms with Gasteiger partial charge in [-0.1, -0.05) is 127 Å².